The van der Waals surface area contributed by atoms with E-state index in [4.69, 9.17) is 20.9 Å². The summed E-state index contributed by atoms with van der Waals surface area (Å²) < 4.78 is 24.6. The molecule has 0 fully saturated rings. The molecule has 110 valence electrons. The molecule has 0 aliphatic rings. The van der Waals surface area contributed by atoms with Crippen LogP contribution in [-0.2, 0) is 6.61 Å². The van der Waals surface area contributed by atoms with Crippen LogP contribution in [0.15, 0.2) is 29.0 Å². The van der Waals surface area contributed by atoms with Gasteiger partial charge >= 0.3 is 0 Å². The summed E-state index contributed by atoms with van der Waals surface area (Å²) in [6, 6.07) is 5.16. The molecule has 2 aromatic heterocycles. The fourth-order valence-corrected chi connectivity index (χ4v) is 2.30. The molecule has 4 nitrogen and oxygen atoms in total. The van der Waals surface area contributed by atoms with Crippen LogP contribution < -0.4 is 4.74 Å². The highest BCUT2D eigenvalue weighted by Gasteiger charge is 2.16. The highest BCUT2D eigenvalue weighted by Crippen LogP contribution is 2.35. The minimum atomic E-state index is -0.479. The van der Waals surface area contributed by atoms with E-state index in [0.29, 0.717) is 16.6 Å². The van der Waals surface area contributed by atoms with Crippen LogP contribution in [0.5, 0.6) is 5.75 Å². The monoisotopic (exact) mass is 308 g/mol. The lowest BCUT2D eigenvalue weighted by Gasteiger charge is -2.07. The van der Waals surface area contributed by atoms with Crippen molar-refractivity contribution in [2.45, 2.75) is 26.4 Å². The summed E-state index contributed by atoms with van der Waals surface area (Å²) in [5, 5.41) is 4.17. The van der Waals surface area contributed by atoms with Crippen LogP contribution in [0.1, 0.15) is 31.2 Å². The molecule has 0 bridgehead atoms. The summed E-state index contributed by atoms with van der Waals surface area (Å²) in [5.74, 6) is 0.0735. The number of hydrogen-bond donors (Lipinski definition) is 1. The molecule has 3 rings (SSSR count). The molecule has 0 unspecified atom stereocenters. The smallest absolute Gasteiger partial charge is 0.154 e. The van der Waals surface area contributed by atoms with Crippen LogP contribution in [0, 0.1) is 5.82 Å². The van der Waals surface area contributed by atoms with Gasteiger partial charge in [0.1, 0.15) is 29.3 Å². The molecule has 0 atom stereocenters. The summed E-state index contributed by atoms with van der Waals surface area (Å²) in [6.45, 7) is 4.23. The van der Waals surface area contributed by atoms with Gasteiger partial charge in [-0.2, -0.15) is 0 Å². The van der Waals surface area contributed by atoms with Gasteiger partial charge in [-0.25, -0.2) is 4.39 Å². The molecule has 0 aliphatic heterocycles. The standard InChI is InChI=1S/C15H14ClFN2O2/c1-8(2)11-5-10-12(18-11)6-13(14(16)15(10)17)20-7-9-3-4-21-19-9/h3-6,8,18H,7H2,1-2H3. The van der Waals surface area contributed by atoms with Gasteiger partial charge in [0.2, 0.25) is 0 Å². The van der Waals surface area contributed by atoms with Crippen LogP contribution in [0.3, 0.4) is 0 Å². The first-order chi connectivity index (χ1) is 10.1. The molecule has 0 radical (unpaired) electrons. The van der Waals surface area contributed by atoms with Gasteiger partial charge in [-0.3, -0.25) is 0 Å². The van der Waals surface area contributed by atoms with E-state index in [9.17, 15) is 4.39 Å². The first kappa shape index (κ1) is 13.9. The quantitative estimate of drug-likeness (QED) is 0.763. The molecular weight excluding hydrogens is 295 g/mol. The molecule has 6 heteroatoms. The van der Waals surface area contributed by atoms with Crippen LogP contribution >= 0.6 is 11.6 Å². The normalized spacial score (nSPS) is 11.5. The SMILES string of the molecule is CC(C)c1cc2c(F)c(Cl)c(OCc3ccon3)cc2[nH]1. The van der Waals surface area contributed by atoms with Crippen molar-refractivity contribution in [3.05, 3.63) is 46.7 Å². The molecule has 0 saturated heterocycles. The first-order valence-corrected chi connectivity index (χ1v) is 6.96. The highest BCUT2D eigenvalue weighted by atomic mass is 35.5. The number of H-pyrrole nitrogens is 1. The largest absolute Gasteiger partial charge is 0.485 e. The van der Waals surface area contributed by atoms with Crippen LogP contribution in [0.25, 0.3) is 10.9 Å². The summed E-state index contributed by atoms with van der Waals surface area (Å²) >= 11 is 6.04. The molecule has 1 aromatic carbocycles. The van der Waals surface area contributed by atoms with Gasteiger partial charge < -0.3 is 14.2 Å². The zero-order valence-corrected chi connectivity index (χ0v) is 12.4. The van der Waals surface area contributed by atoms with E-state index >= 15 is 0 Å². The van der Waals surface area contributed by atoms with E-state index in [0.717, 1.165) is 5.69 Å². The number of ether oxygens (including phenoxy) is 1. The Balaban J connectivity index is 1.96. The molecule has 0 saturated carbocycles. The number of nitrogens with zero attached hydrogens (tertiary/aromatic N) is 1. The Bertz CT molecular complexity index is 766. The Kier molecular flexibility index (Phi) is 3.59. The Morgan fingerprint density at radius 2 is 2.24 bits per heavy atom. The van der Waals surface area contributed by atoms with Gasteiger partial charge in [0.25, 0.3) is 0 Å². The Morgan fingerprint density at radius 3 is 2.90 bits per heavy atom. The van der Waals surface area contributed by atoms with E-state index in [1.807, 2.05) is 13.8 Å². The first-order valence-electron chi connectivity index (χ1n) is 6.59. The van der Waals surface area contributed by atoms with Crippen molar-refractivity contribution < 1.29 is 13.7 Å². The van der Waals surface area contributed by atoms with E-state index in [2.05, 4.69) is 10.1 Å². The Morgan fingerprint density at radius 1 is 1.43 bits per heavy atom. The number of aromatic amines is 1. The van der Waals surface area contributed by atoms with Gasteiger partial charge in [0.05, 0.1) is 5.52 Å². The van der Waals surface area contributed by atoms with Gasteiger partial charge in [0, 0.05) is 23.2 Å². The lowest BCUT2D eigenvalue weighted by Crippen LogP contribution is -1.97. The van der Waals surface area contributed by atoms with Gasteiger partial charge in [-0.15, -0.1) is 0 Å². The van der Waals surface area contributed by atoms with Crippen molar-refractivity contribution in [3.63, 3.8) is 0 Å². The van der Waals surface area contributed by atoms with Gasteiger partial charge in [-0.05, 0) is 12.0 Å². The fraction of sp³-hybridized carbons (Fsp3) is 0.267. The molecule has 2 heterocycles. The third-order valence-electron chi connectivity index (χ3n) is 3.28. The van der Waals surface area contributed by atoms with Crippen molar-refractivity contribution >= 4 is 22.5 Å². The van der Waals surface area contributed by atoms with E-state index in [-0.39, 0.29) is 23.3 Å². The minimum absolute atomic E-state index is 0.0275. The number of fused-ring (bicyclic) bond motifs is 1. The molecule has 1 N–H and O–H groups in total. The third-order valence-corrected chi connectivity index (χ3v) is 3.63. The van der Waals surface area contributed by atoms with Crippen LogP contribution in [0.2, 0.25) is 5.02 Å². The molecular formula is C15H14ClFN2O2. The second-order valence-corrected chi connectivity index (χ2v) is 5.50. The van der Waals surface area contributed by atoms with Crippen LogP contribution in [0.4, 0.5) is 4.39 Å². The Hall–Kier alpha value is -2.01. The predicted molar refractivity (Wildman–Crippen MR) is 78.2 cm³/mol. The zero-order chi connectivity index (χ0) is 15.0. The topological polar surface area (TPSA) is 51.1 Å². The zero-order valence-electron chi connectivity index (χ0n) is 11.6. The van der Waals surface area contributed by atoms with Crippen molar-refractivity contribution in [2.24, 2.45) is 0 Å². The van der Waals surface area contributed by atoms with Gasteiger partial charge in [0.15, 0.2) is 5.82 Å². The number of rotatable bonds is 4. The minimum Gasteiger partial charge on any atom is -0.485 e. The summed E-state index contributed by atoms with van der Waals surface area (Å²) in [4.78, 5) is 3.18. The number of halogens is 2. The second kappa shape index (κ2) is 5.41. The molecule has 21 heavy (non-hydrogen) atoms. The maximum atomic E-state index is 14.3. The van der Waals surface area contributed by atoms with E-state index in [1.54, 1.807) is 18.2 Å². The van der Waals surface area contributed by atoms with Gasteiger partial charge in [-0.1, -0.05) is 30.6 Å². The second-order valence-electron chi connectivity index (χ2n) is 5.12. The average molecular weight is 309 g/mol. The van der Waals surface area contributed by atoms with E-state index < -0.39 is 5.82 Å². The number of benzene rings is 1. The lowest BCUT2D eigenvalue weighted by atomic mass is 10.1. The summed E-state index contributed by atoms with van der Waals surface area (Å²) in [5.41, 5.74) is 2.23. The maximum Gasteiger partial charge on any atom is 0.154 e. The van der Waals surface area contributed by atoms with Crippen molar-refractivity contribution in [1.29, 1.82) is 0 Å². The highest BCUT2D eigenvalue weighted by molar-refractivity contribution is 6.33. The van der Waals surface area contributed by atoms with Crippen molar-refractivity contribution in [3.8, 4) is 5.75 Å². The maximum absolute atomic E-state index is 14.3. The van der Waals surface area contributed by atoms with Crippen molar-refractivity contribution in [2.75, 3.05) is 0 Å². The molecule has 0 aliphatic carbocycles. The Labute approximate surface area is 125 Å². The van der Waals surface area contributed by atoms with E-state index in [1.165, 1.54) is 6.26 Å². The predicted octanol–water partition coefficient (Wildman–Crippen LogP) is 4.65. The average Bonchev–Trinajstić information content (AvgIpc) is 3.10. The third kappa shape index (κ3) is 2.61. The molecule has 0 amide bonds. The molecule has 3 aromatic rings. The lowest BCUT2D eigenvalue weighted by molar-refractivity contribution is 0.288. The molecule has 0 spiro atoms. The fourth-order valence-electron chi connectivity index (χ4n) is 2.09. The number of nitrogens with one attached hydrogen (secondary N) is 1. The number of hydrogen-bond acceptors (Lipinski definition) is 3. The number of aromatic nitrogens is 2. The van der Waals surface area contributed by atoms with Crippen LogP contribution in [-0.4, -0.2) is 10.1 Å². The summed E-state index contributed by atoms with van der Waals surface area (Å²) in [6.07, 6.45) is 1.45. The summed E-state index contributed by atoms with van der Waals surface area (Å²) in [7, 11) is 0. The van der Waals surface area contributed by atoms with Crippen molar-refractivity contribution in [1.82, 2.24) is 10.1 Å².